The van der Waals surface area contributed by atoms with Gasteiger partial charge in [0.25, 0.3) is 10.0 Å². The van der Waals surface area contributed by atoms with Crippen LogP contribution in [0.1, 0.15) is 4.88 Å². The molecule has 0 atom stereocenters. The molecule has 0 aliphatic rings. The van der Waals surface area contributed by atoms with Gasteiger partial charge in [-0.25, -0.2) is 8.42 Å². The van der Waals surface area contributed by atoms with Gasteiger partial charge in [-0.2, -0.15) is 5.26 Å². The van der Waals surface area contributed by atoms with Gasteiger partial charge < -0.3 is 0 Å². The quantitative estimate of drug-likeness (QED) is 0.931. The molecule has 1 aromatic carbocycles. The molecule has 18 heavy (non-hydrogen) atoms. The zero-order valence-corrected chi connectivity index (χ0v) is 12.1. The van der Waals surface area contributed by atoms with Gasteiger partial charge in [0.1, 0.15) is 15.2 Å². The first-order valence-electron chi connectivity index (χ1n) is 4.79. The number of nitrogens with one attached hydrogen (secondary N) is 1. The Morgan fingerprint density at radius 3 is 2.67 bits per heavy atom. The summed E-state index contributed by atoms with van der Waals surface area (Å²) in [6, 6.07) is 11.7. The highest BCUT2D eigenvalue weighted by Crippen LogP contribution is 2.24. The van der Waals surface area contributed by atoms with E-state index in [0.29, 0.717) is 10.6 Å². The molecule has 0 unspecified atom stereocenters. The van der Waals surface area contributed by atoms with Gasteiger partial charge in [-0.15, -0.1) is 11.3 Å². The van der Waals surface area contributed by atoms with Crippen molar-refractivity contribution in [2.75, 3.05) is 4.72 Å². The molecule has 0 aliphatic carbocycles. The van der Waals surface area contributed by atoms with E-state index in [4.69, 9.17) is 5.26 Å². The highest BCUT2D eigenvalue weighted by Gasteiger charge is 2.16. The molecule has 1 aromatic heterocycles. The topological polar surface area (TPSA) is 70.0 Å². The lowest BCUT2D eigenvalue weighted by Crippen LogP contribution is -2.11. The van der Waals surface area contributed by atoms with Crippen molar-refractivity contribution < 1.29 is 8.42 Å². The van der Waals surface area contributed by atoms with E-state index in [1.165, 1.54) is 12.1 Å². The van der Waals surface area contributed by atoms with Gasteiger partial charge in [-0.1, -0.05) is 22.0 Å². The average Bonchev–Trinajstić information content (AvgIpc) is 2.77. The van der Waals surface area contributed by atoms with Crippen LogP contribution < -0.4 is 4.72 Å². The third-order valence-corrected chi connectivity index (χ3v) is 5.39. The van der Waals surface area contributed by atoms with E-state index in [-0.39, 0.29) is 4.21 Å². The lowest BCUT2D eigenvalue weighted by atomic mass is 10.3. The molecule has 4 nitrogen and oxygen atoms in total. The van der Waals surface area contributed by atoms with Gasteiger partial charge in [0.05, 0.1) is 0 Å². The van der Waals surface area contributed by atoms with Crippen molar-refractivity contribution in [1.29, 1.82) is 5.26 Å². The maximum absolute atomic E-state index is 12.0. The van der Waals surface area contributed by atoms with Crippen molar-refractivity contribution >= 4 is 43.0 Å². The Hall–Kier alpha value is -1.36. The van der Waals surface area contributed by atoms with Crippen LogP contribution >= 0.6 is 27.3 Å². The summed E-state index contributed by atoms with van der Waals surface area (Å²) in [5.74, 6) is 0. The molecule has 7 heteroatoms. The zero-order chi connectivity index (χ0) is 13.2. The maximum atomic E-state index is 12.0. The lowest BCUT2D eigenvalue weighted by molar-refractivity contribution is 0.603. The zero-order valence-electron chi connectivity index (χ0n) is 8.92. The molecule has 0 amide bonds. The first kappa shape index (κ1) is 13.1. The summed E-state index contributed by atoms with van der Waals surface area (Å²) in [5, 5.41) is 8.68. The van der Waals surface area contributed by atoms with Crippen LogP contribution in [-0.4, -0.2) is 8.42 Å². The summed E-state index contributed by atoms with van der Waals surface area (Å²) in [6.07, 6.45) is 0. The monoisotopic (exact) mass is 342 g/mol. The molecule has 0 aliphatic heterocycles. The van der Waals surface area contributed by atoms with Gasteiger partial charge in [0.2, 0.25) is 0 Å². The SMILES string of the molecule is N#Cc1ccc(S(=O)(=O)Nc2cccc(Br)c2)s1. The molecular weight excluding hydrogens is 336 g/mol. The van der Waals surface area contributed by atoms with Crippen LogP contribution in [0.15, 0.2) is 45.1 Å². The summed E-state index contributed by atoms with van der Waals surface area (Å²) < 4.78 is 27.4. The summed E-state index contributed by atoms with van der Waals surface area (Å²) >= 11 is 4.21. The summed E-state index contributed by atoms with van der Waals surface area (Å²) in [5.41, 5.74) is 0.469. The molecule has 2 aromatic rings. The van der Waals surface area contributed by atoms with E-state index >= 15 is 0 Å². The smallest absolute Gasteiger partial charge is 0.271 e. The van der Waals surface area contributed by atoms with Gasteiger partial charge in [-0.05, 0) is 30.3 Å². The van der Waals surface area contributed by atoms with Crippen molar-refractivity contribution in [3.8, 4) is 6.07 Å². The van der Waals surface area contributed by atoms with Crippen LogP contribution in [0.4, 0.5) is 5.69 Å². The van der Waals surface area contributed by atoms with Crippen LogP contribution in [0.25, 0.3) is 0 Å². The molecule has 1 heterocycles. The van der Waals surface area contributed by atoms with Crippen LogP contribution in [0.3, 0.4) is 0 Å². The molecule has 92 valence electrons. The molecule has 0 spiro atoms. The molecule has 0 fully saturated rings. The molecule has 0 radical (unpaired) electrons. The summed E-state index contributed by atoms with van der Waals surface area (Å²) in [6.45, 7) is 0. The van der Waals surface area contributed by atoms with E-state index in [1.807, 2.05) is 6.07 Å². The number of anilines is 1. The van der Waals surface area contributed by atoms with E-state index in [0.717, 1.165) is 15.8 Å². The van der Waals surface area contributed by atoms with Gasteiger partial charge in [-0.3, -0.25) is 4.72 Å². The summed E-state index contributed by atoms with van der Waals surface area (Å²) in [7, 11) is -3.62. The normalized spacial score (nSPS) is 10.9. The van der Waals surface area contributed by atoms with Crippen molar-refractivity contribution in [2.24, 2.45) is 0 Å². The van der Waals surface area contributed by atoms with E-state index in [1.54, 1.807) is 24.3 Å². The first-order chi connectivity index (χ1) is 8.51. The average molecular weight is 343 g/mol. The summed E-state index contributed by atoms with van der Waals surface area (Å²) in [4.78, 5) is 0.365. The number of sulfonamides is 1. The van der Waals surface area contributed by atoms with E-state index < -0.39 is 10.0 Å². The number of halogens is 1. The predicted molar refractivity (Wildman–Crippen MR) is 74.0 cm³/mol. The molecule has 2 rings (SSSR count). The third-order valence-electron chi connectivity index (χ3n) is 2.03. The Morgan fingerprint density at radius 1 is 1.28 bits per heavy atom. The fraction of sp³-hybridized carbons (Fsp3) is 0. The Kier molecular flexibility index (Phi) is 3.71. The number of hydrogen-bond donors (Lipinski definition) is 1. The van der Waals surface area contributed by atoms with Crippen LogP contribution in [0, 0.1) is 11.3 Å². The van der Waals surface area contributed by atoms with Crippen molar-refractivity contribution in [2.45, 2.75) is 4.21 Å². The molecule has 0 saturated carbocycles. The van der Waals surface area contributed by atoms with Gasteiger partial charge in [0.15, 0.2) is 0 Å². The molecule has 0 bridgehead atoms. The van der Waals surface area contributed by atoms with Crippen molar-refractivity contribution in [3.63, 3.8) is 0 Å². The predicted octanol–water partition coefficient (Wildman–Crippen LogP) is 3.18. The Morgan fingerprint density at radius 2 is 2.06 bits per heavy atom. The number of nitrogens with zero attached hydrogens (tertiary/aromatic N) is 1. The lowest BCUT2D eigenvalue weighted by Gasteiger charge is -2.06. The second kappa shape index (κ2) is 5.10. The largest absolute Gasteiger partial charge is 0.279 e. The van der Waals surface area contributed by atoms with Crippen LogP contribution in [0.2, 0.25) is 0 Å². The number of nitriles is 1. The van der Waals surface area contributed by atoms with Crippen LogP contribution in [0.5, 0.6) is 0 Å². The minimum absolute atomic E-state index is 0.124. The number of rotatable bonds is 3. The highest BCUT2D eigenvalue weighted by molar-refractivity contribution is 9.10. The standard InChI is InChI=1S/C11H7BrN2O2S2/c12-8-2-1-3-9(6-8)14-18(15,16)11-5-4-10(7-13)17-11/h1-6,14H. The molecule has 1 N–H and O–H groups in total. The fourth-order valence-corrected chi connectivity index (χ4v) is 3.83. The van der Waals surface area contributed by atoms with Crippen molar-refractivity contribution in [1.82, 2.24) is 0 Å². The number of benzene rings is 1. The van der Waals surface area contributed by atoms with Gasteiger partial charge in [0, 0.05) is 10.2 Å². The minimum Gasteiger partial charge on any atom is -0.279 e. The second-order valence-corrected chi connectivity index (χ2v) is 7.26. The van der Waals surface area contributed by atoms with Crippen molar-refractivity contribution in [3.05, 3.63) is 45.7 Å². The Balaban J connectivity index is 2.30. The Labute approximate surface area is 117 Å². The number of hydrogen-bond acceptors (Lipinski definition) is 4. The van der Waals surface area contributed by atoms with Gasteiger partial charge >= 0.3 is 0 Å². The van der Waals surface area contributed by atoms with E-state index in [2.05, 4.69) is 20.7 Å². The first-order valence-corrected chi connectivity index (χ1v) is 7.89. The minimum atomic E-state index is -3.62. The third kappa shape index (κ3) is 2.90. The maximum Gasteiger partial charge on any atom is 0.271 e. The number of thiophene rings is 1. The second-order valence-electron chi connectivity index (χ2n) is 3.35. The molecule has 0 saturated heterocycles. The highest BCUT2D eigenvalue weighted by atomic mass is 79.9. The van der Waals surface area contributed by atoms with E-state index in [9.17, 15) is 8.42 Å². The fourth-order valence-electron chi connectivity index (χ4n) is 1.28. The Bertz CT molecular complexity index is 717. The molecular formula is C11H7BrN2O2S2. The van der Waals surface area contributed by atoms with Crippen LogP contribution in [-0.2, 0) is 10.0 Å².